The Morgan fingerprint density at radius 2 is 2.47 bits per heavy atom. The van der Waals surface area contributed by atoms with Crippen molar-refractivity contribution < 1.29 is 14.3 Å². The molecule has 1 heterocycles. The second-order valence-corrected chi connectivity index (χ2v) is 3.31. The van der Waals surface area contributed by atoms with E-state index in [1.807, 2.05) is 0 Å². The van der Waals surface area contributed by atoms with E-state index in [1.165, 1.54) is 0 Å². The van der Waals surface area contributed by atoms with Crippen molar-refractivity contribution in [3.8, 4) is 6.07 Å². The number of aromatic nitrogens is 2. The van der Waals surface area contributed by atoms with Crippen LogP contribution in [0.1, 0.15) is 18.7 Å². The number of imidazole rings is 1. The second kappa shape index (κ2) is 7.17. The van der Waals surface area contributed by atoms with E-state index in [2.05, 4.69) is 9.72 Å². The molecule has 0 spiro atoms. The molecule has 0 aliphatic heterocycles. The zero-order chi connectivity index (χ0) is 12.5. The first-order valence-corrected chi connectivity index (χ1v) is 5.24. The fourth-order valence-corrected chi connectivity index (χ4v) is 1.36. The standard InChI is InChI=1S/C11H13N3O3/c12-4-9-17-11(16)3-6-14-7-5-13-10(14)2-1-8-15/h5,7-8H,1-3,6,9H2. The third-order valence-corrected chi connectivity index (χ3v) is 2.14. The molecule has 1 rings (SSSR count). The lowest BCUT2D eigenvalue weighted by atomic mass is 10.3. The minimum atomic E-state index is -0.415. The average Bonchev–Trinajstić information content (AvgIpc) is 2.78. The first kappa shape index (κ1) is 12.9. The normalized spacial score (nSPS) is 9.59. The van der Waals surface area contributed by atoms with Crippen molar-refractivity contribution in [1.82, 2.24) is 9.55 Å². The summed E-state index contributed by atoms with van der Waals surface area (Å²) in [5.41, 5.74) is 0. The SMILES string of the molecule is N#CCOC(=O)CCn1ccnc1CCC=O. The highest BCUT2D eigenvalue weighted by Crippen LogP contribution is 2.02. The van der Waals surface area contributed by atoms with Gasteiger partial charge in [0.25, 0.3) is 0 Å². The quantitative estimate of drug-likeness (QED) is 0.506. The van der Waals surface area contributed by atoms with Crippen LogP contribution < -0.4 is 0 Å². The summed E-state index contributed by atoms with van der Waals surface area (Å²) in [4.78, 5) is 25.5. The Hall–Kier alpha value is -2.16. The van der Waals surface area contributed by atoms with Crippen LogP contribution in [0.2, 0.25) is 0 Å². The Labute approximate surface area is 98.8 Å². The molecule has 0 radical (unpaired) electrons. The molecular weight excluding hydrogens is 222 g/mol. The number of esters is 1. The van der Waals surface area contributed by atoms with E-state index in [4.69, 9.17) is 5.26 Å². The Morgan fingerprint density at radius 3 is 3.18 bits per heavy atom. The number of hydrogen-bond acceptors (Lipinski definition) is 5. The van der Waals surface area contributed by atoms with Crippen LogP contribution in [0.25, 0.3) is 0 Å². The molecule has 0 saturated heterocycles. The molecular formula is C11H13N3O3. The molecule has 0 unspecified atom stereocenters. The van der Waals surface area contributed by atoms with E-state index >= 15 is 0 Å². The molecule has 17 heavy (non-hydrogen) atoms. The Kier molecular flexibility index (Phi) is 5.44. The lowest BCUT2D eigenvalue weighted by Gasteiger charge is -2.05. The molecule has 0 atom stereocenters. The first-order valence-electron chi connectivity index (χ1n) is 5.24. The van der Waals surface area contributed by atoms with Gasteiger partial charge in [0.2, 0.25) is 0 Å². The molecule has 0 saturated carbocycles. The number of ether oxygens (including phenoxy) is 1. The van der Waals surface area contributed by atoms with Gasteiger partial charge in [-0.1, -0.05) is 0 Å². The maximum absolute atomic E-state index is 11.2. The fourth-order valence-electron chi connectivity index (χ4n) is 1.36. The van der Waals surface area contributed by atoms with Crippen LogP contribution in [0, 0.1) is 11.3 Å². The highest BCUT2D eigenvalue weighted by atomic mass is 16.5. The summed E-state index contributed by atoms with van der Waals surface area (Å²) in [6, 6.07) is 1.73. The van der Waals surface area contributed by atoms with Crippen LogP contribution in [0.4, 0.5) is 0 Å². The van der Waals surface area contributed by atoms with Crippen molar-refractivity contribution >= 4 is 12.3 Å². The van der Waals surface area contributed by atoms with Crippen LogP contribution in [-0.2, 0) is 27.3 Å². The summed E-state index contributed by atoms with van der Waals surface area (Å²) in [6.07, 6.45) is 5.37. The lowest BCUT2D eigenvalue weighted by Crippen LogP contribution is -2.11. The van der Waals surface area contributed by atoms with Gasteiger partial charge in [-0.3, -0.25) is 4.79 Å². The van der Waals surface area contributed by atoms with Crippen LogP contribution in [0.3, 0.4) is 0 Å². The smallest absolute Gasteiger partial charge is 0.308 e. The molecule has 0 aromatic carbocycles. The maximum Gasteiger partial charge on any atom is 0.308 e. The largest absolute Gasteiger partial charge is 0.450 e. The van der Waals surface area contributed by atoms with Crippen LogP contribution in [0.15, 0.2) is 12.4 Å². The van der Waals surface area contributed by atoms with Gasteiger partial charge in [0.1, 0.15) is 18.2 Å². The third-order valence-electron chi connectivity index (χ3n) is 2.14. The number of aryl methyl sites for hydroxylation is 2. The minimum Gasteiger partial charge on any atom is -0.450 e. The molecule has 1 aromatic rings. The van der Waals surface area contributed by atoms with Crippen LogP contribution in [0.5, 0.6) is 0 Å². The fraction of sp³-hybridized carbons (Fsp3) is 0.455. The number of nitriles is 1. The molecule has 0 fully saturated rings. The molecule has 0 bridgehead atoms. The van der Waals surface area contributed by atoms with E-state index in [1.54, 1.807) is 23.0 Å². The van der Waals surface area contributed by atoms with Gasteiger partial charge < -0.3 is 14.1 Å². The van der Waals surface area contributed by atoms with Crippen molar-refractivity contribution in [3.05, 3.63) is 18.2 Å². The summed E-state index contributed by atoms with van der Waals surface area (Å²) < 4.78 is 6.42. The van der Waals surface area contributed by atoms with E-state index in [-0.39, 0.29) is 13.0 Å². The first-order chi connectivity index (χ1) is 8.27. The molecule has 90 valence electrons. The number of hydrogen-bond donors (Lipinski definition) is 0. The van der Waals surface area contributed by atoms with E-state index in [0.717, 1.165) is 12.1 Å². The molecule has 0 N–H and O–H groups in total. The van der Waals surface area contributed by atoms with Crippen LogP contribution >= 0.6 is 0 Å². The number of nitrogens with zero attached hydrogens (tertiary/aromatic N) is 3. The third kappa shape index (κ3) is 4.47. The number of carbonyl (C=O) groups excluding carboxylic acids is 2. The Morgan fingerprint density at radius 1 is 1.65 bits per heavy atom. The predicted octanol–water partition coefficient (Wildman–Crippen LogP) is 0.471. The summed E-state index contributed by atoms with van der Waals surface area (Å²) >= 11 is 0. The van der Waals surface area contributed by atoms with Crippen molar-refractivity contribution in [1.29, 1.82) is 5.26 Å². The van der Waals surface area contributed by atoms with Crippen LogP contribution in [-0.4, -0.2) is 28.4 Å². The van der Waals surface area contributed by atoms with Gasteiger partial charge in [0.05, 0.1) is 6.42 Å². The average molecular weight is 235 g/mol. The zero-order valence-electron chi connectivity index (χ0n) is 9.33. The van der Waals surface area contributed by atoms with Gasteiger partial charge in [-0.05, 0) is 0 Å². The van der Waals surface area contributed by atoms with Gasteiger partial charge >= 0.3 is 5.97 Å². The summed E-state index contributed by atoms with van der Waals surface area (Å²) in [7, 11) is 0. The van der Waals surface area contributed by atoms with E-state index < -0.39 is 5.97 Å². The number of aldehydes is 1. The monoisotopic (exact) mass is 235 g/mol. The number of carbonyl (C=O) groups is 2. The summed E-state index contributed by atoms with van der Waals surface area (Å²) in [5.74, 6) is 0.353. The van der Waals surface area contributed by atoms with Gasteiger partial charge in [-0.15, -0.1) is 0 Å². The van der Waals surface area contributed by atoms with Gasteiger partial charge in [-0.25, -0.2) is 4.98 Å². The molecule has 6 heteroatoms. The molecule has 0 amide bonds. The van der Waals surface area contributed by atoms with E-state index in [0.29, 0.717) is 19.4 Å². The highest BCUT2D eigenvalue weighted by Gasteiger charge is 2.06. The van der Waals surface area contributed by atoms with E-state index in [9.17, 15) is 9.59 Å². The number of rotatable bonds is 7. The Balaban J connectivity index is 2.40. The van der Waals surface area contributed by atoms with Crippen molar-refractivity contribution in [2.75, 3.05) is 6.61 Å². The summed E-state index contributed by atoms with van der Waals surface area (Å²) in [5, 5.41) is 8.23. The lowest BCUT2D eigenvalue weighted by molar-refractivity contribution is -0.142. The maximum atomic E-state index is 11.2. The van der Waals surface area contributed by atoms with Crippen molar-refractivity contribution in [2.24, 2.45) is 0 Å². The van der Waals surface area contributed by atoms with Gasteiger partial charge in [0.15, 0.2) is 6.61 Å². The molecule has 1 aromatic heterocycles. The molecule has 6 nitrogen and oxygen atoms in total. The Bertz CT molecular complexity index is 420. The second-order valence-electron chi connectivity index (χ2n) is 3.31. The summed E-state index contributed by atoms with van der Waals surface area (Å²) in [6.45, 7) is 0.221. The topological polar surface area (TPSA) is 85.0 Å². The van der Waals surface area contributed by atoms with Gasteiger partial charge in [-0.2, -0.15) is 5.26 Å². The van der Waals surface area contributed by atoms with Gasteiger partial charge in [0, 0.05) is 31.8 Å². The van der Waals surface area contributed by atoms with Crippen molar-refractivity contribution in [2.45, 2.75) is 25.8 Å². The minimum absolute atomic E-state index is 0.187. The molecule has 0 aliphatic carbocycles. The predicted molar refractivity (Wildman–Crippen MR) is 57.8 cm³/mol. The zero-order valence-corrected chi connectivity index (χ0v) is 9.33. The molecule has 0 aliphatic rings. The van der Waals surface area contributed by atoms with Crippen molar-refractivity contribution in [3.63, 3.8) is 0 Å². The highest BCUT2D eigenvalue weighted by molar-refractivity contribution is 5.69.